The zero-order valence-corrected chi connectivity index (χ0v) is 13.8. The average Bonchev–Trinajstić information content (AvgIpc) is 2.58. The molecule has 0 radical (unpaired) electrons. The third-order valence-electron chi connectivity index (χ3n) is 3.47. The minimum absolute atomic E-state index is 0.270. The van der Waals surface area contributed by atoms with Crippen molar-refractivity contribution in [2.75, 3.05) is 6.61 Å². The molecule has 7 heteroatoms. The number of carbonyl (C=O) groups excluding carboxylic acids is 2. The Balaban J connectivity index is 2.13. The molecule has 0 atom stereocenters. The Morgan fingerprint density at radius 2 is 1.88 bits per heavy atom. The van der Waals surface area contributed by atoms with Gasteiger partial charge in [0.05, 0.1) is 5.56 Å². The summed E-state index contributed by atoms with van der Waals surface area (Å²) in [7, 11) is 0. The maximum absolute atomic E-state index is 12.7. The topological polar surface area (TPSA) is 69.4 Å². The molecule has 1 amide bonds. The molecule has 0 bridgehead atoms. The summed E-state index contributed by atoms with van der Waals surface area (Å²) in [5, 5.41) is 0. The van der Waals surface area contributed by atoms with Crippen LogP contribution < -0.4 is 10.5 Å². The number of amides is 1. The van der Waals surface area contributed by atoms with Gasteiger partial charge < -0.3 is 10.5 Å². The first-order chi connectivity index (χ1) is 12.2. The molecule has 2 aromatic carbocycles. The van der Waals surface area contributed by atoms with Crippen molar-refractivity contribution >= 4 is 17.8 Å². The van der Waals surface area contributed by atoms with E-state index in [1.54, 1.807) is 13.0 Å². The van der Waals surface area contributed by atoms with Crippen LogP contribution in [0.15, 0.2) is 48.5 Å². The van der Waals surface area contributed by atoms with Gasteiger partial charge in [0, 0.05) is 5.56 Å². The van der Waals surface area contributed by atoms with E-state index >= 15 is 0 Å². The van der Waals surface area contributed by atoms with E-state index < -0.39 is 17.6 Å². The number of carbonyl (C=O) groups is 2. The smallest absolute Gasteiger partial charge is 0.416 e. The van der Waals surface area contributed by atoms with Gasteiger partial charge in [-0.05, 0) is 54.5 Å². The van der Waals surface area contributed by atoms with E-state index in [-0.39, 0.29) is 18.0 Å². The van der Waals surface area contributed by atoms with Crippen molar-refractivity contribution in [1.82, 2.24) is 0 Å². The van der Waals surface area contributed by atoms with Gasteiger partial charge in [-0.25, -0.2) is 0 Å². The summed E-state index contributed by atoms with van der Waals surface area (Å²) in [6.45, 7) is 1.42. The Kier molecular flexibility index (Phi) is 5.82. The summed E-state index contributed by atoms with van der Waals surface area (Å²) in [4.78, 5) is 22.9. The maximum atomic E-state index is 12.7. The van der Waals surface area contributed by atoms with E-state index in [9.17, 15) is 22.8 Å². The molecule has 2 rings (SSSR count). The number of ether oxygens (including phenoxy) is 1. The first kappa shape index (κ1) is 19.2. The summed E-state index contributed by atoms with van der Waals surface area (Å²) in [6, 6.07) is 9.29. The molecule has 0 aliphatic heterocycles. The normalized spacial score (nSPS) is 11.5. The minimum atomic E-state index is -4.44. The van der Waals surface area contributed by atoms with E-state index in [0.717, 1.165) is 12.1 Å². The molecule has 0 fully saturated rings. The molecule has 0 saturated heterocycles. The van der Waals surface area contributed by atoms with Crippen molar-refractivity contribution in [1.29, 1.82) is 0 Å². The number of nitrogens with two attached hydrogens (primary N) is 1. The van der Waals surface area contributed by atoms with Crippen molar-refractivity contribution in [2.45, 2.75) is 13.1 Å². The van der Waals surface area contributed by atoms with Crippen LogP contribution in [0.5, 0.6) is 5.75 Å². The highest BCUT2D eigenvalue weighted by Crippen LogP contribution is 2.29. The van der Waals surface area contributed by atoms with Crippen molar-refractivity contribution < 1.29 is 27.5 Å². The van der Waals surface area contributed by atoms with Crippen LogP contribution >= 0.6 is 0 Å². The van der Waals surface area contributed by atoms with Crippen LogP contribution in [0.1, 0.15) is 27.0 Å². The predicted octanol–water partition coefficient (Wildman–Crippen LogP) is 3.77. The highest BCUT2D eigenvalue weighted by molar-refractivity contribution is 6.07. The van der Waals surface area contributed by atoms with Gasteiger partial charge in [-0.15, -0.1) is 0 Å². The zero-order chi connectivity index (χ0) is 19.3. The molecule has 0 spiro atoms. The molecule has 26 heavy (non-hydrogen) atoms. The number of hydrogen-bond donors (Lipinski definition) is 1. The lowest BCUT2D eigenvalue weighted by Crippen LogP contribution is -2.20. The highest BCUT2D eigenvalue weighted by Gasteiger charge is 2.30. The van der Waals surface area contributed by atoms with Crippen LogP contribution in [0.2, 0.25) is 0 Å². The van der Waals surface area contributed by atoms with Crippen molar-refractivity contribution in [2.24, 2.45) is 5.73 Å². The Hall–Kier alpha value is -3.09. The predicted molar refractivity (Wildman–Crippen MR) is 90.7 cm³/mol. The van der Waals surface area contributed by atoms with Gasteiger partial charge in [-0.1, -0.05) is 18.2 Å². The third kappa shape index (κ3) is 5.20. The summed E-state index contributed by atoms with van der Waals surface area (Å²) in [6.07, 6.45) is -1.91. The zero-order valence-electron chi connectivity index (χ0n) is 13.8. The largest absolute Gasteiger partial charge is 0.484 e. The molecule has 2 N–H and O–H groups in total. The quantitative estimate of drug-likeness (QED) is 0.627. The molecule has 0 heterocycles. The lowest BCUT2D eigenvalue weighted by Gasteiger charge is -2.08. The molecule has 0 aromatic heterocycles. The van der Waals surface area contributed by atoms with Gasteiger partial charge >= 0.3 is 6.18 Å². The van der Waals surface area contributed by atoms with Gasteiger partial charge in [-0.3, -0.25) is 9.59 Å². The number of benzene rings is 2. The third-order valence-corrected chi connectivity index (χ3v) is 3.47. The molecular weight excluding hydrogens is 347 g/mol. The lowest BCUT2D eigenvalue weighted by molar-refractivity contribution is -0.137. The summed E-state index contributed by atoms with van der Waals surface area (Å²) < 4.78 is 43.3. The number of primary amides is 1. The van der Waals surface area contributed by atoms with Gasteiger partial charge in [0.25, 0.3) is 5.91 Å². The second-order valence-electron chi connectivity index (χ2n) is 5.56. The molecule has 136 valence electrons. The monoisotopic (exact) mass is 363 g/mol. The van der Waals surface area contributed by atoms with E-state index in [4.69, 9.17) is 10.5 Å². The maximum Gasteiger partial charge on any atom is 0.416 e. The molecule has 0 aliphatic carbocycles. The summed E-state index contributed by atoms with van der Waals surface area (Å²) in [5.41, 5.74) is 5.47. The Morgan fingerprint density at radius 3 is 2.50 bits per heavy atom. The van der Waals surface area contributed by atoms with Crippen LogP contribution in [0.25, 0.3) is 6.08 Å². The Bertz CT molecular complexity index is 857. The number of alkyl halides is 3. The SMILES string of the molecule is Cc1cc(C(=O)/C=C/c2cccc(C(F)(F)F)c2)ccc1OCC(N)=O. The van der Waals surface area contributed by atoms with Crippen LogP contribution in [-0.2, 0) is 11.0 Å². The van der Waals surface area contributed by atoms with Gasteiger partial charge in [0.2, 0.25) is 0 Å². The minimum Gasteiger partial charge on any atom is -0.484 e. The number of allylic oxidation sites excluding steroid dienone is 1. The first-order valence-electron chi connectivity index (χ1n) is 7.58. The van der Waals surface area contributed by atoms with E-state index in [2.05, 4.69) is 0 Å². The summed E-state index contributed by atoms with van der Waals surface area (Å²) in [5.74, 6) is -0.567. The molecule has 0 saturated carbocycles. The van der Waals surface area contributed by atoms with Crippen LogP contribution in [0.4, 0.5) is 13.2 Å². The number of ketones is 1. The van der Waals surface area contributed by atoms with E-state index in [1.807, 2.05) is 0 Å². The van der Waals surface area contributed by atoms with Gasteiger partial charge in [-0.2, -0.15) is 13.2 Å². The highest BCUT2D eigenvalue weighted by atomic mass is 19.4. The Morgan fingerprint density at radius 1 is 1.15 bits per heavy atom. The van der Waals surface area contributed by atoms with Crippen LogP contribution in [0, 0.1) is 6.92 Å². The molecule has 0 aliphatic rings. The molecule has 2 aromatic rings. The molecular formula is C19H16F3NO3. The number of hydrogen-bond acceptors (Lipinski definition) is 3. The molecule has 4 nitrogen and oxygen atoms in total. The first-order valence-corrected chi connectivity index (χ1v) is 7.58. The lowest BCUT2D eigenvalue weighted by atomic mass is 10.0. The average molecular weight is 363 g/mol. The number of aryl methyl sites for hydroxylation is 1. The fourth-order valence-corrected chi connectivity index (χ4v) is 2.20. The number of halogens is 3. The van der Waals surface area contributed by atoms with Crippen molar-refractivity contribution in [3.63, 3.8) is 0 Å². The second kappa shape index (κ2) is 7.86. The Labute approximate surface area is 148 Å². The van der Waals surface area contributed by atoms with Gasteiger partial charge in [0.1, 0.15) is 5.75 Å². The van der Waals surface area contributed by atoms with Crippen LogP contribution in [0.3, 0.4) is 0 Å². The van der Waals surface area contributed by atoms with Gasteiger partial charge in [0.15, 0.2) is 12.4 Å². The fourth-order valence-electron chi connectivity index (χ4n) is 2.20. The van der Waals surface area contributed by atoms with Crippen LogP contribution in [-0.4, -0.2) is 18.3 Å². The fraction of sp³-hybridized carbons (Fsp3) is 0.158. The summed E-state index contributed by atoms with van der Waals surface area (Å²) >= 11 is 0. The molecule has 0 unspecified atom stereocenters. The van der Waals surface area contributed by atoms with E-state index in [0.29, 0.717) is 16.9 Å². The number of rotatable bonds is 6. The van der Waals surface area contributed by atoms with E-state index in [1.165, 1.54) is 36.4 Å². The standard InChI is InChI=1S/C19H16F3NO3/c1-12-9-14(6-8-17(12)26-11-18(23)25)16(24)7-5-13-3-2-4-15(10-13)19(20,21)22/h2-10H,11H2,1H3,(H2,23,25)/b7-5+. The van der Waals surface area contributed by atoms with Crippen molar-refractivity contribution in [3.8, 4) is 5.75 Å². The van der Waals surface area contributed by atoms with Crippen molar-refractivity contribution in [3.05, 3.63) is 70.8 Å². The second-order valence-corrected chi connectivity index (χ2v) is 5.56.